The van der Waals surface area contributed by atoms with E-state index in [1.807, 2.05) is 0 Å². The van der Waals surface area contributed by atoms with E-state index in [2.05, 4.69) is 29.2 Å². The van der Waals surface area contributed by atoms with E-state index in [0.29, 0.717) is 0 Å². The Morgan fingerprint density at radius 3 is 3.07 bits per heavy atom. The zero-order valence-electron chi connectivity index (χ0n) is 8.58. The first-order valence-corrected chi connectivity index (χ1v) is 5.78. The third-order valence-electron chi connectivity index (χ3n) is 3.63. The lowest BCUT2D eigenvalue weighted by Crippen LogP contribution is -2.18. The molecular weight excluding hydrogens is 170 g/mol. The van der Waals surface area contributed by atoms with Crippen LogP contribution in [-0.4, -0.2) is 18.0 Å². The molecule has 0 bridgehead atoms. The molecule has 2 aliphatic heterocycles. The van der Waals surface area contributed by atoms with Crippen molar-refractivity contribution in [3.8, 4) is 0 Å². The molecule has 74 valence electrons. The lowest BCUT2D eigenvalue weighted by Gasteiger charge is -2.21. The highest BCUT2D eigenvalue weighted by atomic mass is 15.2. The first kappa shape index (κ1) is 8.34. The minimum absolute atomic E-state index is 0.720. The largest absolute Gasteiger partial charge is 0.375 e. The van der Waals surface area contributed by atoms with Gasteiger partial charge in [0.05, 0.1) is 0 Å². The summed E-state index contributed by atoms with van der Waals surface area (Å²) in [5.74, 6) is 0.720. The zero-order chi connectivity index (χ0) is 9.38. The summed E-state index contributed by atoms with van der Waals surface area (Å²) >= 11 is 0. The van der Waals surface area contributed by atoms with Gasteiger partial charge in [-0.25, -0.2) is 0 Å². The van der Waals surface area contributed by atoms with Crippen LogP contribution in [0.25, 0.3) is 0 Å². The summed E-state index contributed by atoms with van der Waals surface area (Å²) in [6.45, 7) is 2.58. The molecule has 14 heavy (non-hydrogen) atoms. The van der Waals surface area contributed by atoms with Crippen LogP contribution in [-0.2, 0) is 0 Å². The molecule has 3 aliphatic rings. The van der Waals surface area contributed by atoms with E-state index in [0.717, 1.165) is 5.92 Å². The molecule has 0 radical (unpaired) electrons. The molecule has 2 heterocycles. The summed E-state index contributed by atoms with van der Waals surface area (Å²) in [6.07, 6.45) is 14.5. The lowest BCUT2D eigenvalue weighted by molar-refractivity contribution is 0.389. The van der Waals surface area contributed by atoms with Gasteiger partial charge in [0.2, 0.25) is 0 Å². The molecule has 0 spiro atoms. The van der Waals surface area contributed by atoms with E-state index in [1.54, 1.807) is 11.3 Å². The van der Waals surface area contributed by atoms with E-state index < -0.39 is 0 Å². The predicted octanol–water partition coefficient (Wildman–Crippen LogP) is 2.87. The van der Waals surface area contributed by atoms with Crippen molar-refractivity contribution in [1.29, 1.82) is 0 Å². The van der Waals surface area contributed by atoms with Gasteiger partial charge in [-0.2, -0.15) is 0 Å². The normalized spacial score (nSPS) is 30.3. The fourth-order valence-corrected chi connectivity index (χ4v) is 2.95. The SMILES string of the molecule is C1=CC2=C3CCCN3CCCC2C=C1. The summed E-state index contributed by atoms with van der Waals surface area (Å²) < 4.78 is 0. The highest BCUT2D eigenvalue weighted by Crippen LogP contribution is 2.35. The zero-order valence-corrected chi connectivity index (χ0v) is 8.58. The number of rotatable bonds is 0. The van der Waals surface area contributed by atoms with E-state index in [-0.39, 0.29) is 0 Å². The average molecular weight is 187 g/mol. The van der Waals surface area contributed by atoms with Gasteiger partial charge in [0.15, 0.2) is 0 Å². The second kappa shape index (κ2) is 3.30. The minimum Gasteiger partial charge on any atom is -0.375 e. The number of allylic oxidation sites excluding steroid dienone is 6. The van der Waals surface area contributed by atoms with Gasteiger partial charge in [-0.15, -0.1) is 0 Å². The molecule has 1 nitrogen and oxygen atoms in total. The molecule has 3 rings (SSSR count). The van der Waals surface area contributed by atoms with E-state index >= 15 is 0 Å². The summed E-state index contributed by atoms with van der Waals surface area (Å²) in [5.41, 5.74) is 3.26. The molecule has 0 aromatic heterocycles. The second-order valence-corrected chi connectivity index (χ2v) is 4.49. The first-order valence-electron chi connectivity index (χ1n) is 5.78. The first-order chi connectivity index (χ1) is 6.95. The van der Waals surface area contributed by atoms with Crippen LogP contribution in [0.15, 0.2) is 35.6 Å². The Balaban J connectivity index is 2.03. The molecule has 0 aromatic rings. The van der Waals surface area contributed by atoms with Gasteiger partial charge in [0, 0.05) is 24.7 Å². The fraction of sp³-hybridized carbons (Fsp3) is 0.538. The molecule has 1 aliphatic carbocycles. The Hall–Kier alpha value is -0.980. The standard InChI is InChI=1S/C13H17N/c1-2-7-12-11(5-1)6-3-9-14-10-4-8-13(12)14/h1-2,5,7,11H,3-4,6,8-10H2. The third kappa shape index (κ3) is 1.23. The summed E-state index contributed by atoms with van der Waals surface area (Å²) in [4.78, 5) is 2.61. The Morgan fingerprint density at radius 2 is 2.07 bits per heavy atom. The van der Waals surface area contributed by atoms with Crippen LogP contribution in [0.1, 0.15) is 25.7 Å². The van der Waals surface area contributed by atoms with Crippen molar-refractivity contribution in [3.63, 3.8) is 0 Å². The van der Waals surface area contributed by atoms with Gasteiger partial charge in [0.25, 0.3) is 0 Å². The van der Waals surface area contributed by atoms with Crippen molar-refractivity contribution in [1.82, 2.24) is 4.90 Å². The van der Waals surface area contributed by atoms with Crippen molar-refractivity contribution in [2.75, 3.05) is 13.1 Å². The van der Waals surface area contributed by atoms with Crippen LogP contribution in [0.2, 0.25) is 0 Å². The van der Waals surface area contributed by atoms with E-state index in [4.69, 9.17) is 0 Å². The van der Waals surface area contributed by atoms with E-state index in [1.165, 1.54) is 38.8 Å². The Kier molecular flexibility index (Phi) is 1.97. The molecule has 0 amide bonds. The lowest BCUT2D eigenvalue weighted by atomic mass is 9.89. The molecule has 1 unspecified atom stereocenters. The highest BCUT2D eigenvalue weighted by molar-refractivity contribution is 5.38. The predicted molar refractivity (Wildman–Crippen MR) is 58.8 cm³/mol. The Labute approximate surface area is 85.8 Å². The van der Waals surface area contributed by atoms with Crippen molar-refractivity contribution in [2.45, 2.75) is 25.7 Å². The van der Waals surface area contributed by atoms with Crippen molar-refractivity contribution in [3.05, 3.63) is 35.6 Å². The van der Waals surface area contributed by atoms with Crippen LogP contribution >= 0.6 is 0 Å². The summed E-state index contributed by atoms with van der Waals surface area (Å²) in [7, 11) is 0. The molecule has 1 fully saturated rings. The second-order valence-electron chi connectivity index (χ2n) is 4.49. The Bertz CT molecular complexity index is 322. The molecule has 1 atom stereocenters. The number of fused-ring (bicyclic) bond motifs is 2. The summed E-state index contributed by atoms with van der Waals surface area (Å²) in [5, 5.41) is 0. The molecule has 0 saturated carbocycles. The van der Waals surface area contributed by atoms with Gasteiger partial charge < -0.3 is 4.90 Å². The van der Waals surface area contributed by atoms with E-state index in [9.17, 15) is 0 Å². The smallest absolute Gasteiger partial charge is 0.0178 e. The van der Waals surface area contributed by atoms with Crippen LogP contribution in [0.4, 0.5) is 0 Å². The van der Waals surface area contributed by atoms with Gasteiger partial charge in [-0.05, 0) is 31.3 Å². The minimum atomic E-state index is 0.720. The topological polar surface area (TPSA) is 3.24 Å². The molecular formula is C13H17N. The van der Waals surface area contributed by atoms with Crippen LogP contribution in [0, 0.1) is 5.92 Å². The fourth-order valence-electron chi connectivity index (χ4n) is 2.95. The molecule has 1 saturated heterocycles. The average Bonchev–Trinajstić information content (AvgIpc) is 2.61. The van der Waals surface area contributed by atoms with Gasteiger partial charge in [-0.1, -0.05) is 24.3 Å². The number of nitrogens with zero attached hydrogens (tertiary/aromatic N) is 1. The van der Waals surface area contributed by atoms with Crippen LogP contribution in [0.5, 0.6) is 0 Å². The van der Waals surface area contributed by atoms with Crippen molar-refractivity contribution < 1.29 is 0 Å². The molecule has 0 N–H and O–H groups in total. The maximum absolute atomic E-state index is 2.61. The van der Waals surface area contributed by atoms with Crippen LogP contribution in [0.3, 0.4) is 0 Å². The third-order valence-corrected chi connectivity index (χ3v) is 3.63. The number of hydrogen-bond acceptors (Lipinski definition) is 1. The maximum Gasteiger partial charge on any atom is 0.0178 e. The van der Waals surface area contributed by atoms with Gasteiger partial charge in [0.1, 0.15) is 0 Å². The molecule has 0 aromatic carbocycles. The monoisotopic (exact) mass is 187 g/mol. The quantitative estimate of drug-likeness (QED) is 0.563. The Morgan fingerprint density at radius 1 is 1.14 bits per heavy atom. The van der Waals surface area contributed by atoms with Crippen molar-refractivity contribution >= 4 is 0 Å². The van der Waals surface area contributed by atoms with Crippen molar-refractivity contribution in [2.24, 2.45) is 5.92 Å². The molecule has 1 heteroatoms. The van der Waals surface area contributed by atoms with Gasteiger partial charge in [-0.3, -0.25) is 0 Å². The van der Waals surface area contributed by atoms with Gasteiger partial charge >= 0.3 is 0 Å². The van der Waals surface area contributed by atoms with Crippen LogP contribution < -0.4 is 0 Å². The maximum atomic E-state index is 2.61. The highest BCUT2D eigenvalue weighted by Gasteiger charge is 2.26. The summed E-state index contributed by atoms with van der Waals surface area (Å²) in [6, 6.07) is 0. The number of hydrogen-bond donors (Lipinski definition) is 0.